The van der Waals surface area contributed by atoms with Crippen LogP contribution in [-0.2, 0) is 22.7 Å². The molecule has 0 amide bonds. The van der Waals surface area contributed by atoms with Gasteiger partial charge in [-0.2, -0.15) is 0 Å². The van der Waals surface area contributed by atoms with Gasteiger partial charge in [0.15, 0.2) is 5.78 Å². The minimum absolute atomic E-state index is 0.0852. The zero-order valence-electron chi connectivity index (χ0n) is 14.5. The van der Waals surface area contributed by atoms with Gasteiger partial charge in [0.25, 0.3) is 0 Å². The molecular weight excluding hydrogens is 384 g/mol. The van der Waals surface area contributed by atoms with E-state index in [0.29, 0.717) is 18.8 Å². The molecule has 2 rings (SSSR count). The van der Waals surface area contributed by atoms with Crippen LogP contribution in [0.15, 0.2) is 46.9 Å². The Balaban J connectivity index is 2.28. The van der Waals surface area contributed by atoms with Crippen LogP contribution in [0.5, 0.6) is 5.75 Å². The first-order valence-electron chi connectivity index (χ1n) is 7.74. The largest absolute Gasteiger partial charge is 0.497 e. The number of allylic oxidation sites excluding steroid dienone is 1. The van der Waals surface area contributed by atoms with Gasteiger partial charge in [0.05, 0.1) is 20.3 Å². The summed E-state index contributed by atoms with van der Waals surface area (Å²) in [5.74, 6) is 0.695. The second-order valence-electron chi connectivity index (χ2n) is 5.45. The Morgan fingerprint density at radius 2 is 1.72 bits per heavy atom. The SMILES string of the molecule is COCc1cc(COC)c(Br)c(C(=O)/C=C/c2ccc(OC)cc2)c1. The number of halogens is 1. The molecule has 4 nitrogen and oxygen atoms in total. The number of carbonyl (C=O) groups is 1. The van der Waals surface area contributed by atoms with E-state index >= 15 is 0 Å². The van der Waals surface area contributed by atoms with Gasteiger partial charge in [0, 0.05) is 24.3 Å². The maximum absolute atomic E-state index is 12.7. The smallest absolute Gasteiger partial charge is 0.187 e. The van der Waals surface area contributed by atoms with Crippen LogP contribution in [0.3, 0.4) is 0 Å². The van der Waals surface area contributed by atoms with E-state index in [1.165, 1.54) is 0 Å². The van der Waals surface area contributed by atoms with E-state index in [-0.39, 0.29) is 5.78 Å². The molecule has 2 aromatic carbocycles. The van der Waals surface area contributed by atoms with Crippen molar-refractivity contribution in [3.63, 3.8) is 0 Å². The fraction of sp³-hybridized carbons (Fsp3) is 0.250. The Kier molecular flexibility index (Phi) is 7.37. The summed E-state index contributed by atoms with van der Waals surface area (Å²) in [6.07, 6.45) is 3.35. The van der Waals surface area contributed by atoms with Gasteiger partial charge < -0.3 is 14.2 Å². The normalized spacial score (nSPS) is 11.0. The van der Waals surface area contributed by atoms with Gasteiger partial charge in [-0.25, -0.2) is 0 Å². The number of hydrogen-bond donors (Lipinski definition) is 0. The summed E-state index contributed by atoms with van der Waals surface area (Å²) < 4.78 is 16.3. The van der Waals surface area contributed by atoms with Crippen LogP contribution in [0.1, 0.15) is 27.0 Å². The Morgan fingerprint density at radius 3 is 2.32 bits per heavy atom. The number of methoxy groups -OCH3 is 3. The topological polar surface area (TPSA) is 44.8 Å². The molecule has 0 saturated heterocycles. The first kappa shape index (κ1) is 19.4. The molecule has 0 aromatic heterocycles. The fourth-order valence-corrected chi connectivity index (χ4v) is 2.96. The summed E-state index contributed by atoms with van der Waals surface area (Å²) >= 11 is 3.52. The van der Waals surface area contributed by atoms with Crippen molar-refractivity contribution >= 4 is 27.8 Å². The average molecular weight is 405 g/mol. The maximum Gasteiger partial charge on any atom is 0.187 e. The third-order valence-electron chi connectivity index (χ3n) is 3.63. The second-order valence-corrected chi connectivity index (χ2v) is 6.25. The van der Waals surface area contributed by atoms with E-state index in [1.54, 1.807) is 33.5 Å². The van der Waals surface area contributed by atoms with Crippen molar-refractivity contribution in [3.8, 4) is 5.75 Å². The number of carbonyl (C=O) groups excluding carboxylic acids is 1. The second kappa shape index (κ2) is 9.51. The highest BCUT2D eigenvalue weighted by Gasteiger charge is 2.13. The van der Waals surface area contributed by atoms with Crippen molar-refractivity contribution in [2.75, 3.05) is 21.3 Å². The van der Waals surface area contributed by atoms with Gasteiger partial charge in [-0.1, -0.05) is 18.2 Å². The third kappa shape index (κ3) is 5.26. The highest BCUT2D eigenvalue weighted by Crippen LogP contribution is 2.26. The van der Waals surface area contributed by atoms with Gasteiger partial charge in [0.2, 0.25) is 0 Å². The third-order valence-corrected chi connectivity index (χ3v) is 4.56. The van der Waals surface area contributed by atoms with E-state index in [9.17, 15) is 4.79 Å². The summed E-state index contributed by atoms with van der Waals surface area (Å²) in [6, 6.07) is 11.3. The predicted molar refractivity (Wildman–Crippen MR) is 102 cm³/mol. The molecule has 0 saturated carbocycles. The van der Waals surface area contributed by atoms with E-state index in [1.807, 2.05) is 36.4 Å². The Bertz CT molecular complexity index is 751. The van der Waals surface area contributed by atoms with Crippen LogP contribution >= 0.6 is 15.9 Å². The van der Waals surface area contributed by atoms with Crippen LogP contribution in [-0.4, -0.2) is 27.1 Å². The minimum Gasteiger partial charge on any atom is -0.497 e. The maximum atomic E-state index is 12.7. The zero-order chi connectivity index (χ0) is 18.2. The number of ether oxygens (including phenoxy) is 3. The van der Waals surface area contributed by atoms with E-state index < -0.39 is 0 Å². The highest BCUT2D eigenvalue weighted by atomic mass is 79.9. The van der Waals surface area contributed by atoms with Crippen molar-refractivity contribution in [1.82, 2.24) is 0 Å². The highest BCUT2D eigenvalue weighted by molar-refractivity contribution is 9.10. The lowest BCUT2D eigenvalue weighted by atomic mass is 10.0. The Hall–Kier alpha value is -1.95. The van der Waals surface area contributed by atoms with Crippen LogP contribution in [0, 0.1) is 0 Å². The summed E-state index contributed by atoms with van der Waals surface area (Å²) in [5, 5.41) is 0. The molecule has 0 N–H and O–H groups in total. The van der Waals surface area contributed by atoms with Crippen molar-refractivity contribution in [2.45, 2.75) is 13.2 Å². The van der Waals surface area contributed by atoms with Gasteiger partial charge in [-0.15, -0.1) is 0 Å². The molecule has 5 heteroatoms. The molecule has 0 bridgehead atoms. The van der Waals surface area contributed by atoms with E-state index in [4.69, 9.17) is 14.2 Å². The van der Waals surface area contributed by atoms with Crippen molar-refractivity contribution in [3.05, 3.63) is 69.2 Å². The molecule has 0 spiro atoms. The molecule has 0 radical (unpaired) electrons. The summed E-state index contributed by atoms with van der Waals surface area (Å²) in [5.41, 5.74) is 3.36. The molecular formula is C20H21BrO4. The summed E-state index contributed by atoms with van der Waals surface area (Å²) in [7, 11) is 4.88. The van der Waals surface area contributed by atoms with Gasteiger partial charge in [-0.05, 0) is 63.0 Å². The lowest BCUT2D eigenvalue weighted by molar-refractivity contribution is 0.104. The number of ketones is 1. The molecule has 132 valence electrons. The van der Waals surface area contributed by atoms with Crippen LogP contribution < -0.4 is 4.74 Å². The predicted octanol–water partition coefficient (Wildman–Crippen LogP) is 4.65. The fourth-order valence-electron chi connectivity index (χ4n) is 2.42. The van der Waals surface area contributed by atoms with E-state index in [2.05, 4.69) is 15.9 Å². The lowest BCUT2D eigenvalue weighted by Gasteiger charge is -2.11. The molecule has 0 atom stereocenters. The molecule has 0 fully saturated rings. The van der Waals surface area contributed by atoms with Crippen LogP contribution in [0.4, 0.5) is 0 Å². The molecule has 0 aliphatic rings. The number of hydrogen-bond acceptors (Lipinski definition) is 4. The van der Waals surface area contributed by atoms with Crippen molar-refractivity contribution in [2.24, 2.45) is 0 Å². The Labute approximate surface area is 156 Å². The Morgan fingerprint density at radius 1 is 1.04 bits per heavy atom. The monoisotopic (exact) mass is 404 g/mol. The van der Waals surface area contributed by atoms with Crippen molar-refractivity contribution in [1.29, 1.82) is 0 Å². The van der Waals surface area contributed by atoms with Gasteiger partial charge in [-0.3, -0.25) is 4.79 Å². The molecule has 25 heavy (non-hydrogen) atoms. The molecule has 0 aliphatic heterocycles. The average Bonchev–Trinajstić information content (AvgIpc) is 2.63. The summed E-state index contributed by atoms with van der Waals surface area (Å²) in [4.78, 5) is 12.7. The molecule has 0 heterocycles. The first-order chi connectivity index (χ1) is 12.1. The molecule has 0 aliphatic carbocycles. The van der Waals surface area contributed by atoms with Crippen molar-refractivity contribution < 1.29 is 19.0 Å². The molecule has 2 aromatic rings. The zero-order valence-corrected chi connectivity index (χ0v) is 16.1. The number of rotatable bonds is 8. The number of benzene rings is 2. The van der Waals surface area contributed by atoms with Gasteiger partial charge in [0.1, 0.15) is 5.75 Å². The van der Waals surface area contributed by atoms with E-state index in [0.717, 1.165) is 26.9 Å². The molecule has 0 unspecified atom stereocenters. The van der Waals surface area contributed by atoms with Crippen LogP contribution in [0.25, 0.3) is 6.08 Å². The lowest BCUT2D eigenvalue weighted by Crippen LogP contribution is -2.03. The minimum atomic E-state index is -0.0852. The summed E-state index contributed by atoms with van der Waals surface area (Å²) in [6.45, 7) is 0.854. The van der Waals surface area contributed by atoms with Gasteiger partial charge >= 0.3 is 0 Å². The quantitative estimate of drug-likeness (QED) is 0.474. The first-order valence-corrected chi connectivity index (χ1v) is 8.54. The standard InChI is InChI=1S/C20H21BrO4/c1-23-12-15-10-16(13-24-2)20(21)18(11-15)19(22)9-6-14-4-7-17(25-3)8-5-14/h4-11H,12-13H2,1-3H3/b9-6+. The van der Waals surface area contributed by atoms with Crippen LogP contribution in [0.2, 0.25) is 0 Å².